The van der Waals surface area contributed by atoms with Crippen LogP contribution in [0.1, 0.15) is 10.4 Å². The minimum absolute atomic E-state index is 0.0933. The number of fused-ring (bicyclic) bond motifs is 1. The first-order valence-electron chi connectivity index (χ1n) is 9.83. The number of nitro benzene ring substituents is 1. The first-order valence-corrected chi connectivity index (χ1v) is 10.6. The molecule has 1 fully saturated rings. The monoisotopic (exact) mass is 456 g/mol. The molecule has 1 saturated heterocycles. The molecule has 32 heavy (non-hydrogen) atoms. The number of nitrogens with zero attached hydrogens (tertiary/aromatic N) is 4. The SMILES string of the molecule is COC(=O)Cn1c(=NC(=O)c2ccc(N3CCOCC3)c([N+](=O)[O-])c2)sc2ccccc21. The van der Waals surface area contributed by atoms with Crippen LogP contribution in [0.2, 0.25) is 0 Å². The van der Waals surface area contributed by atoms with E-state index in [9.17, 15) is 19.7 Å². The third-order valence-electron chi connectivity index (χ3n) is 5.07. The van der Waals surface area contributed by atoms with Crippen molar-refractivity contribution >= 4 is 44.8 Å². The van der Waals surface area contributed by atoms with Gasteiger partial charge in [0.1, 0.15) is 12.2 Å². The van der Waals surface area contributed by atoms with Crippen molar-refractivity contribution in [3.8, 4) is 0 Å². The molecule has 11 heteroatoms. The van der Waals surface area contributed by atoms with Gasteiger partial charge < -0.3 is 18.9 Å². The lowest BCUT2D eigenvalue weighted by Crippen LogP contribution is -2.36. The van der Waals surface area contributed by atoms with Gasteiger partial charge in [-0.05, 0) is 24.3 Å². The Bertz CT molecular complexity index is 1260. The highest BCUT2D eigenvalue weighted by Crippen LogP contribution is 2.30. The summed E-state index contributed by atoms with van der Waals surface area (Å²) >= 11 is 1.25. The summed E-state index contributed by atoms with van der Waals surface area (Å²) in [5, 5.41) is 11.7. The number of hydrogen-bond acceptors (Lipinski definition) is 8. The highest BCUT2D eigenvalue weighted by molar-refractivity contribution is 7.16. The maximum absolute atomic E-state index is 12.9. The molecule has 10 nitrogen and oxygen atoms in total. The number of hydrogen-bond donors (Lipinski definition) is 0. The standard InChI is InChI=1S/C21H20N4O6S/c1-30-19(26)13-24-16-4-2-3-5-18(16)32-21(24)22-20(27)14-6-7-15(17(12-14)25(28)29)23-8-10-31-11-9-23/h2-7,12H,8-11,13H2,1H3. The van der Waals surface area contributed by atoms with Crippen molar-refractivity contribution in [3.63, 3.8) is 0 Å². The van der Waals surface area contributed by atoms with Crippen molar-refractivity contribution < 1.29 is 24.0 Å². The summed E-state index contributed by atoms with van der Waals surface area (Å²) in [7, 11) is 1.29. The van der Waals surface area contributed by atoms with Crippen LogP contribution in [0.15, 0.2) is 47.5 Å². The Labute approximate surface area is 186 Å². The van der Waals surface area contributed by atoms with Gasteiger partial charge in [0.2, 0.25) is 0 Å². The number of aromatic nitrogens is 1. The maximum atomic E-state index is 12.9. The zero-order chi connectivity index (χ0) is 22.7. The molecule has 2 heterocycles. The first kappa shape index (κ1) is 21.7. The summed E-state index contributed by atoms with van der Waals surface area (Å²) in [6, 6.07) is 11.7. The molecule has 4 rings (SSSR count). The fraction of sp³-hybridized carbons (Fsp3) is 0.286. The van der Waals surface area contributed by atoms with Gasteiger partial charge in [0.25, 0.3) is 11.6 Å². The second-order valence-electron chi connectivity index (χ2n) is 6.99. The summed E-state index contributed by atoms with van der Waals surface area (Å²) in [4.78, 5) is 42.3. The molecule has 0 saturated carbocycles. The number of rotatable bonds is 5. The highest BCUT2D eigenvalue weighted by atomic mass is 32.1. The van der Waals surface area contributed by atoms with Crippen LogP contribution >= 0.6 is 11.3 Å². The van der Waals surface area contributed by atoms with E-state index < -0.39 is 16.8 Å². The second-order valence-corrected chi connectivity index (χ2v) is 8.00. The zero-order valence-electron chi connectivity index (χ0n) is 17.2. The second kappa shape index (κ2) is 9.28. The predicted octanol–water partition coefficient (Wildman–Crippen LogP) is 2.36. The van der Waals surface area contributed by atoms with Crippen molar-refractivity contribution in [2.24, 2.45) is 4.99 Å². The van der Waals surface area contributed by atoms with Gasteiger partial charge in [-0.3, -0.25) is 19.7 Å². The molecule has 3 aromatic rings. The Morgan fingerprint density at radius 1 is 1.22 bits per heavy atom. The van der Waals surface area contributed by atoms with Crippen molar-refractivity contribution in [3.05, 3.63) is 62.9 Å². The number of amides is 1. The van der Waals surface area contributed by atoms with Gasteiger partial charge in [-0.1, -0.05) is 23.5 Å². The topological polar surface area (TPSA) is 116 Å². The Morgan fingerprint density at radius 3 is 2.69 bits per heavy atom. The molecule has 0 unspecified atom stereocenters. The quantitative estimate of drug-likeness (QED) is 0.329. The smallest absolute Gasteiger partial charge is 0.325 e. The third kappa shape index (κ3) is 4.39. The highest BCUT2D eigenvalue weighted by Gasteiger charge is 2.23. The largest absolute Gasteiger partial charge is 0.468 e. The number of carbonyl (C=O) groups is 2. The Balaban J connectivity index is 1.74. The lowest BCUT2D eigenvalue weighted by molar-refractivity contribution is -0.384. The molecule has 0 spiro atoms. The van der Waals surface area contributed by atoms with Crippen LogP contribution in [0.25, 0.3) is 10.2 Å². The molecule has 1 aromatic heterocycles. The minimum atomic E-state index is -0.633. The van der Waals surface area contributed by atoms with Crippen LogP contribution in [-0.2, 0) is 20.8 Å². The van der Waals surface area contributed by atoms with E-state index in [1.165, 1.54) is 30.6 Å². The Kier molecular flexibility index (Phi) is 6.28. The van der Waals surface area contributed by atoms with E-state index in [0.29, 0.717) is 36.8 Å². The van der Waals surface area contributed by atoms with Crippen LogP contribution in [0.3, 0.4) is 0 Å². The van der Waals surface area contributed by atoms with Crippen LogP contribution in [0.5, 0.6) is 0 Å². The molecule has 2 aromatic carbocycles. The molecule has 0 aliphatic carbocycles. The van der Waals surface area contributed by atoms with Crippen molar-refractivity contribution in [2.45, 2.75) is 6.54 Å². The van der Waals surface area contributed by atoms with Crippen molar-refractivity contribution in [2.75, 3.05) is 38.3 Å². The lowest BCUT2D eigenvalue weighted by atomic mass is 10.1. The molecule has 0 atom stereocenters. The predicted molar refractivity (Wildman–Crippen MR) is 118 cm³/mol. The maximum Gasteiger partial charge on any atom is 0.325 e. The van der Waals surface area contributed by atoms with E-state index in [1.54, 1.807) is 10.6 Å². The number of thiazole rings is 1. The number of methoxy groups -OCH3 is 1. The van der Waals surface area contributed by atoms with Crippen molar-refractivity contribution in [1.29, 1.82) is 0 Å². The summed E-state index contributed by atoms with van der Waals surface area (Å²) in [5.74, 6) is -1.11. The van der Waals surface area contributed by atoms with E-state index >= 15 is 0 Å². The molecule has 0 N–H and O–H groups in total. The number of nitro groups is 1. The summed E-state index contributed by atoms with van der Waals surface area (Å²) < 4.78 is 12.5. The fourth-order valence-corrected chi connectivity index (χ4v) is 4.51. The molecule has 1 amide bonds. The normalized spacial score (nSPS) is 14.5. The molecule has 1 aliphatic rings. The Hall–Kier alpha value is -3.57. The summed E-state index contributed by atoms with van der Waals surface area (Å²) in [6.45, 7) is 1.93. The lowest BCUT2D eigenvalue weighted by Gasteiger charge is -2.28. The average Bonchev–Trinajstić information content (AvgIpc) is 3.15. The number of para-hydroxylation sites is 1. The van der Waals surface area contributed by atoms with E-state index in [1.807, 2.05) is 29.2 Å². The molecular weight excluding hydrogens is 436 g/mol. The zero-order valence-corrected chi connectivity index (χ0v) is 18.0. The third-order valence-corrected chi connectivity index (χ3v) is 6.13. The van der Waals surface area contributed by atoms with Crippen LogP contribution in [0.4, 0.5) is 11.4 Å². The van der Waals surface area contributed by atoms with Gasteiger partial charge in [0.15, 0.2) is 4.80 Å². The van der Waals surface area contributed by atoms with Gasteiger partial charge in [0, 0.05) is 24.7 Å². The number of ether oxygens (including phenoxy) is 2. The van der Waals surface area contributed by atoms with E-state index in [2.05, 4.69) is 4.99 Å². The number of esters is 1. The number of anilines is 1. The van der Waals surface area contributed by atoms with E-state index in [0.717, 1.165) is 10.2 Å². The average molecular weight is 456 g/mol. The van der Waals surface area contributed by atoms with Crippen LogP contribution in [-0.4, -0.2) is 54.8 Å². The van der Waals surface area contributed by atoms with Gasteiger partial charge in [-0.2, -0.15) is 4.99 Å². The molecule has 1 aliphatic heterocycles. The van der Waals surface area contributed by atoms with Crippen LogP contribution < -0.4 is 9.70 Å². The number of carbonyl (C=O) groups excluding carboxylic acids is 2. The van der Waals surface area contributed by atoms with Crippen LogP contribution in [0, 0.1) is 10.1 Å². The van der Waals surface area contributed by atoms with Crippen molar-refractivity contribution in [1.82, 2.24) is 4.57 Å². The van der Waals surface area contributed by atoms with Gasteiger partial charge in [-0.25, -0.2) is 0 Å². The first-order chi connectivity index (χ1) is 15.5. The number of morpholine rings is 1. The molecule has 0 radical (unpaired) electrons. The van der Waals surface area contributed by atoms with E-state index in [4.69, 9.17) is 9.47 Å². The Morgan fingerprint density at radius 2 is 1.97 bits per heavy atom. The molecule has 0 bridgehead atoms. The van der Waals surface area contributed by atoms with E-state index in [-0.39, 0.29) is 17.8 Å². The summed E-state index contributed by atoms with van der Waals surface area (Å²) in [5.41, 5.74) is 1.11. The fourth-order valence-electron chi connectivity index (χ4n) is 3.48. The minimum Gasteiger partial charge on any atom is -0.468 e. The molecular formula is C21H20N4O6S. The number of benzene rings is 2. The van der Waals surface area contributed by atoms with Gasteiger partial charge in [0.05, 0.1) is 35.5 Å². The molecule has 166 valence electrons. The van der Waals surface area contributed by atoms with Gasteiger partial charge >= 0.3 is 5.97 Å². The summed E-state index contributed by atoms with van der Waals surface area (Å²) in [6.07, 6.45) is 0. The van der Waals surface area contributed by atoms with Gasteiger partial charge in [-0.15, -0.1) is 0 Å².